The SMILES string of the molecule is C#CCCCNc1ccc2c(c1)OCCCO2. The van der Waals surface area contributed by atoms with Crippen molar-refractivity contribution in [1.29, 1.82) is 0 Å². The predicted molar refractivity (Wildman–Crippen MR) is 68.6 cm³/mol. The summed E-state index contributed by atoms with van der Waals surface area (Å²) in [5, 5.41) is 3.32. The molecule has 2 rings (SSSR count). The molecule has 1 aromatic rings. The smallest absolute Gasteiger partial charge is 0.163 e. The van der Waals surface area contributed by atoms with Gasteiger partial charge in [0.1, 0.15) is 0 Å². The van der Waals surface area contributed by atoms with Gasteiger partial charge in [0.05, 0.1) is 13.2 Å². The van der Waals surface area contributed by atoms with Crippen molar-refractivity contribution in [1.82, 2.24) is 0 Å². The van der Waals surface area contributed by atoms with Crippen LogP contribution < -0.4 is 14.8 Å². The summed E-state index contributed by atoms with van der Waals surface area (Å²) in [7, 11) is 0. The summed E-state index contributed by atoms with van der Waals surface area (Å²) in [5.74, 6) is 4.28. The Labute approximate surface area is 102 Å². The molecule has 0 atom stereocenters. The highest BCUT2D eigenvalue weighted by Crippen LogP contribution is 2.32. The molecule has 0 radical (unpaired) electrons. The molecule has 1 aliphatic rings. The van der Waals surface area contributed by atoms with Gasteiger partial charge in [-0.05, 0) is 18.6 Å². The van der Waals surface area contributed by atoms with Gasteiger partial charge in [0.15, 0.2) is 11.5 Å². The van der Waals surface area contributed by atoms with E-state index >= 15 is 0 Å². The van der Waals surface area contributed by atoms with E-state index in [1.165, 1.54) is 0 Å². The molecule has 1 N–H and O–H groups in total. The summed E-state index contributed by atoms with van der Waals surface area (Å²) in [6.07, 6.45) is 7.91. The lowest BCUT2D eigenvalue weighted by Crippen LogP contribution is -2.01. The lowest BCUT2D eigenvalue weighted by Gasteiger charge is -2.10. The summed E-state index contributed by atoms with van der Waals surface area (Å²) in [6.45, 7) is 2.32. The predicted octanol–water partition coefficient (Wildman–Crippen LogP) is 2.67. The molecule has 90 valence electrons. The molecule has 0 saturated carbocycles. The van der Waals surface area contributed by atoms with Crippen LogP contribution in [0.4, 0.5) is 5.69 Å². The third-order valence-corrected chi connectivity index (χ3v) is 2.57. The maximum Gasteiger partial charge on any atom is 0.163 e. The maximum atomic E-state index is 5.62. The van der Waals surface area contributed by atoms with E-state index in [2.05, 4.69) is 11.2 Å². The second-order valence-electron chi connectivity index (χ2n) is 3.95. The van der Waals surface area contributed by atoms with Crippen molar-refractivity contribution in [2.45, 2.75) is 19.3 Å². The first-order valence-electron chi connectivity index (χ1n) is 5.97. The van der Waals surface area contributed by atoms with Crippen LogP contribution in [0, 0.1) is 12.3 Å². The number of benzene rings is 1. The number of hydrogen-bond acceptors (Lipinski definition) is 3. The Hall–Kier alpha value is -1.82. The first kappa shape index (κ1) is 11.7. The summed E-state index contributed by atoms with van der Waals surface area (Å²) >= 11 is 0. The van der Waals surface area contributed by atoms with Crippen LogP contribution in [-0.2, 0) is 0 Å². The van der Waals surface area contributed by atoms with Gasteiger partial charge >= 0.3 is 0 Å². The minimum absolute atomic E-state index is 0.716. The van der Waals surface area contributed by atoms with Crippen LogP contribution in [0.1, 0.15) is 19.3 Å². The van der Waals surface area contributed by atoms with E-state index in [1.54, 1.807) is 0 Å². The third kappa shape index (κ3) is 3.32. The van der Waals surface area contributed by atoms with Crippen molar-refractivity contribution >= 4 is 5.69 Å². The van der Waals surface area contributed by atoms with Crippen molar-refractivity contribution in [3.8, 4) is 23.8 Å². The van der Waals surface area contributed by atoms with Crippen molar-refractivity contribution in [2.24, 2.45) is 0 Å². The average Bonchev–Trinajstić information content (AvgIpc) is 2.59. The van der Waals surface area contributed by atoms with Gasteiger partial charge in [0.25, 0.3) is 0 Å². The van der Waals surface area contributed by atoms with Crippen LogP contribution >= 0.6 is 0 Å². The number of anilines is 1. The van der Waals surface area contributed by atoms with E-state index in [0.29, 0.717) is 6.61 Å². The normalized spacial score (nSPS) is 13.6. The molecule has 0 bridgehead atoms. The Bertz CT molecular complexity index is 409. The lowest BCUT2D eigenvalue weighted by atomic mass is 10.2. The zero-order valence-electron chi connectivity index (χ0n) is 9.87. The zero-order chi connectivity index (χ0) is 11.9. The van der Waals surface area contributed by atoms with Gasteiger partial charge in [-0.3, -0.25) is 0 Å². The molecule has 0 amide bonds. The van der Waals surface area contributed by atoms with E-state index < -0.39 is 0 Å². The summed E-state index contributed by atoms with van der Waals surface area (Å²) in [6, 6.07) is 5.93. The molecule has 1 aromatic carbocycles. The molecule has 0 unspecified atom stereocenters. The lowest BCUT2D eigenvalue weighted by molar-refractivity contribution is 0.297. The number of rotatable bonds is 4. The number of nitrogens with one attached hydrogen (secondary N) is 1. The molecule has 17 heavy (non-hydrogen) atoms. The number of unbranched alkanes of at least 4 members (excludes halogenated alkanes) is 1. The first-order chi connectivity index (χ1) is 8.40. The fourth-order valence-corrected chi connectivity index (χ4v) is 1.70. The van der Waals surface area contributed by atoms with Crippen molar-refractivity contribution < 1.29 is 9.47 Å². The van der Waals surface area contributed by atoms with Crippen LogP contribution in [0.5, 0.6) is 11.5 Å². The molecule has 1 aliphatic heterocycles. The molecule has 0 fully saturated rings. The van der Waals surface area contributed by atoms with Crippen LogP contribution in [0.15, 0.2) is 18.2 Å². The van der Waals surface area contributed by atoms with Gasteiger partial charge in [-0.2, -0.15) is 0 Å². The molecule has 0 aliphatic carbocycles. The standard InChI is InChI=1S/C14H17NO2/c1-2-3-4-8-15-12-6-7-13-14(11-12)17-10-5-9-16-13/h1,6-7,11,15H,3-5,8-10H2. The van der Waals surface area contributed by atoms with Gasteiger partial charge in [-0.1, -0.05) is 0 Å². The van der Waals surface area contributed by atoms with E-state index in [1.807, 2.05) is 18.2 Å². The van der Waals surface area contributed by atoms with Gasteiger partial charge < -0.3 is 14.8 Å². The van der Waals surface area contributed by atoms with E-state index in [4.69, 9.17) is 15.9 Å². The minimum Gasteiger partial charge on any atom is -0.490 e. The molecular formula is C14H17NO2. The summed E-state index contributed by atoms with van der Waals surface area (Å²) in [5.41, 5.74) is 1.05. The second-order valence-corrected chi connectivity index (χ2v) is 3.95. The molecule has 1 heterocycles. The Balaban J connectivity index is 1.95. The fraction of sp³-hybridized carbons (Fsp3) is 0.429. The van der Waals surface area contributed by atoms with Crippen LogP contribution in [-0.4, -0.2) is 19.8 Å². The monoisotopic (exact) mass is 231 g/mol. The Morgan fingerprint density at radius 1 is 1.24 bits per heavy atom. The zero-order valence-corrected chi connectivity index (χ0v) is 9.87. The molecular weight excluding hydrogens is 214 g/mol. The second kappa shape index (κ2) is 6.05. The Morgan fingerprint density at radius 2 is 2.06 bits per heavy atom. The molecule has 3 heteroatoms. The molecule has 0 spiro atoms. The van der Waals surface area contributed by atoms with Gasteiger partial charge in [-0.15, -0.1) is 12.3 Å². The highest BCUT2D eigenvalue weighted by atomic mass is 16.5. The quantitative estimate of drug-likeness (QED) is 0.638. The number of hydrogen-bond donors (Lipinski definition) is 1. The topological polar surface area (TPSA) is 30.5 Å². The van der Waals surface area contributed by atoms with E-state index in [0.717, 1.165) is 49.6 Å². The van der Waals surface area contributed by atoms with Crippen LogP contribution in [0.2, 0.25) is 0 Å². The first-order valence-corrected chi connectivity index (χ1v) is 5.97. The highest BCUT2D eigenvalue weighted by Gasteiger charge is 2.10. The largest absolute Gasteiger partial charge is 0.490 e. The Kier molecular flexibility index (Phi) is 4.15. The van der Waals surface area contributed by atoms with Crippen LogP contribution in [0.3, 0.4) is 0 Å². The van der Waals surface area contributed by atoms with Crippen molar-refractivity contribution in [3.05, 3.63) is 18.2 Å². The van der Waals surface area contributed by atoms with Crippen molar-refractivity contribution in [3.63, 3.8) is 0 Å². The Morgan fingerprint density at radius 3 is 2.88 bits per heavy atom. The minimum atomic E-state index is 0.716. The van der Waals surface area contributed by atoms with E-state index in [-0.39, 0.29) is 0 Å². The molecule has 3 nitrogen and oxygen atoms in total. The van der Waals surface area contributed by atoms with Gasteiger partial charge in [0, 0.05) is 31.1 Å². The number of fused-ring (bicyclic) bond motifs is 1. The third-order valence-electron chi connectivity index (χ3n) is 2.57. The summed E-state index contributed by atoms with van der Waals surface area (Å²) in [4.78, 5) is 0. The summed E-state index contributed by atoms with van der Waals surface area (Å²) < 4.78 is 11.2. The van der Waals surface area contributed by atoms with Crippen LogP contribution in [0.25, 0.3) is 0 Å². The van der Waals surface area contributed by atoms with Crippen molar-refractivity contribution in [2.75, 3.05) is 25.1 Å². The van der Waals surface area contributed by atoms with Gasteiger partial charge in [-0.25, -0.2) is 0 Å². The molecule has 0 aromatic heterocycles. The number of ether oxygens (including phenoxy) is 2. The molecule has 0 saturated heterocycles. The highest BCUT2D eigenvalue weighted by molar-refractivity contribution is 5.54. The maximum absolute atomic E-state index is 5.62. The van der Waals surface area contributed by atoms with Gasteiger partial charge in [0.2, 0.25) is 0 Å². The fourth-order valence-electron chi connectivity index (χ4n) is 1.70. The van der Waals surface area contributed by atoms with E-state index in [9.17, 15) is 0 Å². The average molecular weight is 231 g/mol. The number of terminal acetylenes is 1.